The molecule has 0 spiro atoms. The molecule has 1 aromatic carbocycles. The van der Waals surface area contributed by atoms with Gasteiger partial charge in [-0.05, 0) is 29.9 Å². The van der Waals surface area contributed by atoms with Crippen LogP contribution in [0.4, 0.5) is 4.39 Å². The van der Waals surface area contributed by atoms with Gasteiger partial charge in [0, 0.05) is 37.2 Å². The first-order valence-electron chi connectivity index (χ1n) is 13.1. The van der Waals surface area contributed by atoms with Crippen LogP contribution in [-0.2, 0) is 31.8 Å². The fourth-order valence-electron chi connectivity index (χ4n) is 4.43. The molecule has 212 valence electrons. The SMILES string of the molecule is CC(C)/C(N)=C(\Cc1ccc(CCCC(=O)N2CCOCC2)cc1)C(=N)OC1OC(CO)C(F)C(O)C1O. The number of halogens is 1. The quantitative estimate of drug-likeness (QED) is 0.219. The number of aliphatic hydroxyl groups is 3. The van der Waals surface area contributed by atoms with E-state index in [2.05, 4.69) is 0 Å². The maximum atomic E-state index is 14.1. The Morgan fingerprint density at radius 3 is 2.42 bits per heavy atom. The number of aliphatic hydroxyl groups excluding tert-OH is 3. The maximum Gasteiger partial charge on any atom is 0.231 e. The molecular formula is C27H40FN3O7. The number of nitrogens with one attached hydrogen (secondary N) is 1. The Bertz CT molecular complexity index is 964. The molecule has 38 heavy (non-hydrogen) atoms. The number of rotatable bonds is 10. The average Bonchev–Trinajstić information content (AvgIpc) is 2.92. The van der Waals surface area contributed by atoms with Gasteiger partial charge in [-0.3, -0.25) is 10.2 Å². The highest BCUT2D eigenvalue weighted by molar-refractivity contribution is 5.92. The molecule has 0 bridgehead atoms. The van der Waals surface area contributed by atoms with E-state index < -0.39 is 37.4 Å². The first-order valence-corrected chi connectivity index (χ1v) is 13.1. The van der Waals surface area contributed by atoms with Crippen molar-refractivity contribution in [2.45, 2.75) is 70.3 Å². The lowest BCUT2D eigenvalue weighted by Gasteiger charge is -2.38. The van der Waals surface area contributed by atoms with Crippen LogP contribution in [-0.4, -0.2) is 95.7 Å². The first kappa shape index (κ1) is 30.0. The number of carbonyl (C=O) groups is 1. The van der Waals surface area contributed by atoms with E-state index in [1.54, 1.807) is 0 Å². The van der Waals surface area contributed by atoms with Crippen LogP contribution in [0, 0.1) is 11.3 Å². The van der Waals surface area contributed by atoms with Crippen LogP contribution in [0.15, 0.2) is 35.5 Å². The minimum absolute atomic E-state index is 0.111. The lowest BCUT2D eigenvalue weighted by molar-refractivity contribution is -0.269. The molecule has 2 fully saturated rings. The fourth-order valence-corrected chi connectivity index (χ4v) is 4.43. The molecule has 1 aromatic rings. The number of benzene rings is 1. The average molecular weight is 538 g/mol. The second kappa shape index (κ2) is 14.0. The molecule has 2 aliphatic rings. The smallest absolute Gasteiger partial charge is 0.231 e. The maximum absolute atomic E-state index is 14.1. The summed E-state index contributed by atoms with van der Waals surface area (Å²) in [7, 11) is 0. The third-order valence-corrected chi connectivity index (χ3v) is 6.90. The minimum atomic E-state index is -1.99. The van der Waals surface area contributed by atoms with E-state index in [4.69, 9.17) is 25.4 Å². The highest BCUT2D eigenvalue weighted by Crippen LogP contribution is 2.26. The second-order valence-corrected chi connectivity index (χ2v) is 10.0. The molecule has 1 amide bonds. The Hall–Kier alpha value is -2.57. The number of nitrogens with two attached hydrogens (primary N) is 1. The number of hydrogen-bond acceptors (Lipinski definition) is 9. The lowest BCUT2D eigenvalue weighted by atomic mass is 9.96. The predicted octanol–water partition coefficient (Wildman–Crippen LogP) is 1.05. The highest BCUT2D eigenvalue weighted by Gasteiger charge is 2.46. The Morgan fingerprint density at radius 1 is 1.18 bits per heavy atom. The molecule has 10 nitrogen and oxygen atoms in total. The van der Waals surface area contributed by atoms with Gasteiger partial charge < -0.3 is 40.2 Å². The third-order valence-electron chi connectivity index (χ3n) is 6.90. The zero-order valence-corrected chi connectivity index (χ0v) is 22.0. The number of morpholine rings is 1. The number of aryl methyl sites for hydroxylation is 1. The van der Waals surface area contributed by atoms with Crippen molar-refractivity contribution in [2.24, 2.45) is 11.7 Å². The van der Waals surface area contributed by atoms with Crippen molar-refractivity contribution in [2.75, 3.05) is 32.9 Å². The van der Waals surface area contributed by atoms with Gasteiger partial charge in [0.25, 0.3) is 0 Å². The molecule has 0 radical (unpaired) electrons. The van der Waals surface area contributed by atoms with Crippen LogP contribution >= 0.6 is 0 Å². The second-order valence-electron chi connectivity index (χ2n) is 10.0. The van der Waals surface area contributed by atoms with E-state index in [-0.39, 0.29) is 24.1 Å². The van der Waals surface area contributed by atoms with Gasteiger partial charge in [0.1, 0.15) is 18.3 Å². The minimum Gasteiger partial charge on any atom is -0.445 e. The topological polar surface area (TPSA) is 159 Å². The Balaban J connectivity index is 1.61. The molecule has 3 rings (SSSR count). The van der Waals surface area contributed by atoms with Gasteiger partial charge in [-0.1, -0.05) is 38.1 Å². The van der Waals surface area contributed by atoms with E-state index in [1.807, 2.05) is 43.0 Å². The summed E-state index contributed by atoms with van der Waals surface area (Å²) in [6.45, 7) is 5.49. The number of carbonyl (C=O) groups excluding carboxylic acids is 1. The summed E-state index contributed by atoms with van der Waals surface area (Å²) in [4.78, 5) is 14.2. The van der Waals surface area contributed by atoms with Gasteiger partial charge >= 0.3 is 0 Å². The molecule has 0 aliphatic carbocycles. The van der Waals surface area contributed by atoms with Crippen molar-refractivity contribution in [3.8, 4) is 0 Å². The summed E-state index contributed by atoms with van der Waals surface area (Å²) >= 11 is 0. The van der Waals surface area contributed by atoms with Crippen LogP contribution in [0.1, 0.15) is 37.8 Å². The highest BCUT2D eigenvalue weighted by atomic mass is 19.1. The van der Waals surface area contributed by atoms with Gasteiger partial charge in [0.15, 0.2) is 6.17 Å². The van der Waals surface area contributed by atoms with Crippen LogP contribution < -0.4 is 5.73 Å². The molecule has 0 aromatic heterocycles. The lowest BCUT2D eigenvalue weighted by Crippen LogP contribution is -2.58. The monoisotopic (exact) mass is 537 g/mol. The summed E-state index contributed by atoms with van der Waals surface area (Å²) in [5, 5.41) is 38.0. The van der Waals surface area contributed by atoms with Crippen LogP contribution in [0.2, 0.25) is 0 Å². The van der Waals surface area contributed by atoms with E-state index in [0.717, 1.165) is 24.0 Å². The van der Waals surface area contributed by atoms with Crippen LogP contribution in [0.25, 0.3) is 0 Å². The van der Waals surface area contributed by atoms with Crippen molar-refractivity contribution < 1.29 is 38.7 Å². The summed E-state index contributed by atoms with van der Waals surface area (Å²) in [6.07, 6.45) is -6.25. The molecule has 11 heteroatoms. The number of hydrogen-bond donors (Lipinski definition) is 5. The van der Waals surface area contributed by atoms with Crippen molar-refractivity contribution in [3.63, 3.8) is 0 Å². The summed E-state index contributed by atoms with van der Waals surface area (Å²) < 4.78 is 30.1. The summed E-state index contributed by atoms with van der Waals surface area (Å²) in [6, 6.07) is 7.79. The molecule has 2 aliphatic heterocycles. The normalized spacial score (nSPS) is 26.7. The Kier molecular flexibility index (Phi) is 11.0. The standard InChI is InChI=1S/C27H40FN3O7/c1-16(2)23(29)19(26(30)38-27-25(35)24(34)22(28)20(15-32)37-27)14-18-8-6-17(7-9-18)4-3-5-21(33)31-10-12-36-13-11-31/h6-9,16,20,22,24-25,27,30,32,34-35H,3-5,10-15,29H2,1-2H3/b23-19-,30-26?. The number of nitrogens with zero attached hydrogens (tertiary/aromatic N) is 1. The van der Waals surface area contributed by atoms with E-state index in [0.29, 0.717) is 44.0 Å². The zero-order chi connectivity index (χ0) is 27.8. The third kappa shape index (κ3) is 7.73. The van der Waals surface area contributed by atoms with E-state index in [1.165, 1.54) is 0 Å². The number of allylic oxidation sites excluding steroid dienone is 1. The summed E-state index contributed by atoms with van der Waals surface area (Å²) in [5.74, 6) is -0.332. The molecule has 5 unspecified atom stereocenters. The van der Waals surface area contributed by atoms with Crippen molar-refractivity contribution in [1.29, 1.82) is 5.41 Å². The number of ether oxygens (including phenoxy) is 3. The number of amides is 1. The van der Waals surface area contributed by atoms with Gasteiger partial charge in [-0.2, -0.15) is 0 Å². The van der Waals surface area contributed by atoms with Gasteiger partial charge in [-0.25, -0.2) is 4.39 Å². The molecule has 6 N–H and O–H groups in total. The van der Waals surface area contributed by atoms with E-state index in [9.17, 15) is 24.5 Å². The van der Waals surface area contributed by atoms with Crippen LogP contribution in [0.5, 0.6) is 0 Å². The van der Waals surface area contributed by atoms with Crippen molar-refractivity contribution in [1.82, 2.24) is 4.90 Å². The number of alkyl halides is 1. The fraction of sp³-hybridized carbons (Fsp3) is 0.630. The van der Waals surface area contributed by atoms with Crippen LogP contribution in [0.3, 0.4) is 0 Å². The predicted molar refractivity (Wildman–Crippen MR) is 138 cm³/mol. The van der Waals surface area contributed by atoms with Crippen molar-refractivity contribution >= 4 is 11.8 Å². The molecule has 2 heterocycles. The van der Waals surface area contributed by atoms with Gasteiger partial charge in [0.05, 0.1) is 19.8 Å². The van der Waals surface area contributed by atoms with E-state index >= 15 is 0 Å². The summed E-state index contributed by atoms with van der Waals surface area (Å²) in [5.41, 5.74) is 9.03. The van der Waals surface area contributed by atoms with Gasteiger partial charge in [0.2, 0.25) is 18.1 Å². The van der Waals surface area contributed by atoms with Gasteiger partial charge in [-0.15, -0.1) is 0 Å². The zero-order valence-electron chi connectivity index (χ0n) is 22.0. The Morgan fingerprint density at radius 2 is 1.82 bits per heavy atom. The molecular weight excluding hydrogens is 497 g/mol. The Labute approximate surface area is 222 Å². The largest absolute Gasteiger partial charge is 0.445 e. The molecule has 2 saturated heterocycles. The van der Waals surface area contributed by atoms with Crippen molar-refractivity contribution in [3.05, 3.63) is 46.7 Å². The first-order chi connectivity index (χ1) is 18.1. The molecule has 5 atom stereocenters. The molecule has 0 saturated carbocycles.